The molecule has 0 fully saturated rings. The van der Waals surface area contributed by atoms with Crippen molar-refractivity contribution in [3.8, 4) is 0 Å². The van der Waals surface area contributed by atoms with E-state index in [0.29, 0.717) is 24.3 Å². The Kier molecular flexibility index (Phi) is 13.8. The second-order valence-corrected chi connectivity index (χ2v) is 12.6. The van der Waals surface area contributed by atoms with Gasteiger partial charge in [0.25, 0.3) is 5.91 Å². The van der Waals surface area contributed by atoms with Crippen LogP contribution in [-0.4, -0.2) is 58.6 Å². The molecule has 0 aliphatic carbocycles. The number of amides is 2. The number of nitrogens with zero attached hydrogens (tertiary/aromatic N) is 2. The monoisotopic (exact) mass is 600 g/mol. The average molecular weight is 601 g/mol. The number of esters is 1. The topological polar surface area (TPSA) is 132 Å². The zero-order chi connectivity index (χ0) is 31.6. The van der Waals surface area contributed by atoms with E-state index >= 15 is 0 Å². The Labute approximate surface area is 254 Å². The summed E-state index contributed by atoms with van der Waals surface area (Å²) in [5.74, 6) is -1.06. The number of ether oxygens (including phenoxy) is 1. The fourth-order valence-corrected chi connectivity index (χ4v) is 5.72. The number of carbonyl (C=O) groups is 4. The van der Waals surface area contributed by atoms with E-state index in [1.165, 1.54) is 18.3 Å². The molecule has 0 saturated heterocycles. The maximum Gasteiger partial charge on any atom is 0.303 e. The second kappa shape index (κ2) is 16.5. The van der Waals surface area contributed by atoms with Crippen molar-refractivity contribution in [2.24, 2.45) is 23.5 Å². The largest absolute Gasteiger partial charge is 0.455 e. The van der Waals surface area contributed by atoms with Gasteiger partial charge < -0.3 is 20.7 Å². The van der Waals surface area contributed by atoms with Gasteiger partial charge in [0.1, 0.15) is 16.5 Å². The van der Waals surface area contributed by atoms with E-state index in [1.54, 1.807) is 24.3 Å². The van der Waals surface area contributed by atoms with E-state index in [-0.39, 0.29) is 53.1 Å². The van der Waals surface area contributed by atoms with Crippen molar-refractivity contribution in [3.05, 3.63) is 52.0 Å². The minimum absolute atomic E-state index is 0.0289. The van der Waals surface area contributed by atoms with Gasteiger partial charge >= 0.3 is 5.97 Å². The van der Waals surface area contributed by atoms with Crippen LogP contribution in [0.5, 0.6) is 0 Å². The molecule has 2 aromatic rings. The maximum atomic E-state index is 13.3. The smallest absolute Gasteiger partial charge is 0.303 e. The van der Waals surface area contributed by atoms with Crippen LogP contribution in [0.1, 0.15) is 94.9 Å². The van der Waals surface area contributed by atoms with Crippen molar-refractivity contribution in [2.75, 3.05) is 7.05 Å². The molecule has 232 valence electrons. The number of thiazole rings is 1. The van der Waals surface area contributed by atoms with Crippen LogP contribution in [0.4, 0.5) is 0 Å². The van der Waals surface area contributed by atoms with Gasteiger partial charge in [-0.05, 0) is 37.2 Å². The number of Topliss-reactive ketones (excluding diaryl/α,β-unsaturated/α-hetero) is 1. The first kappa shape index (κ1) is 35.1. The molecule has 1 heterocycles. The average Bonchev–Trinajstić information content (AvgIpc) is 3.44. The van der Waals surface area contributed by atoms with Gasteiger partial charge in [-0.1, -0.05) is 71.4 Å². The molecule has 0 aliphatic rings. The van der Waals surface area contributed by atoms with Crippen molar-refractivity contribution in [2.45, 2.75) is 98.4 Å². The summed E-state index contributed by atoms with van der Waals surface area (Å²) < 4.78 is 5.68. The standard InChI is InChI=1S/C32H48N4O5S/c1-9-20(4)29(33)32(40)36(8)27(19(2)3)17-28(41-23(7)38)31-35-26(18-42-31)30(39)34-25(15-21(5)22(6)37)16-24-13-11-10-12-14-24/h10-14,18-21,25,27-29H,9,15-17,33H2,1-8H3,(H,34,39)/t20-,21-,25+,27+,28-,29-/m0/s1. The van der Waals surface area contributed by atoms with E-state index in [0.717, 1.165) is 12.0 Å². The van der Waals surface area contributed by atoms with Gasteiger partial charge in [0.05, 0.1) is 6.04 Å². The van der Waals surface area contributed by atoms with Gasteiger partial charge in [0.15, 0.2) is 6.10 Å². The van der Waals surface area contributed by atoms with E-state index in [1.807, 2.05) is 65.0 Å². The quantitative estimate of drug-likeness (QED) is 0.261. The van der Waals surface area contributed by atoms with Gasteiger partial charge in [0.2, 0.25) is 5.91 Å². The van der Waals surface area contributed by atoms with Crippen LogP contribution in [0.25, 0.3) is 0 Å². The maximum absolute atomic E-state index is 13.3. The highest BCUT2D eigenvalue weighted by atomic mass is 32.1. The fraction of sp³-hybridized carbons (Fsp3) is 0.594. The fourth-order valence-electron chi connectivity index (χ4n) is 4.88. The summed E-state index contributed by atoms with van der Waals surface area (Å²) >= 11 is 1.24. The molecule has 0 radical (unpaired) electrons. The van der Waals surface area contributed by atoms with Crippen molar-refractivity contribution in [1.29, 1.82) is 0 Å². The third-order valence-electron chi connectivity index (χ3n) is 7.94. The minimum Gasteiger partial charge on any atom is -0.455 e. The summed E-state index contributed by atoms with van der Waals surface area (Å²) in [7, 11) is 1.73. The number of nitrogens with two attached hydrogens (primary N) is 1. The lowest BCUT2D eigenvalue weighted by Gasteiger charge is -2.35. The van der Waals surface area contributed by atoms with Crippen LogP contribution < -0.4 is 11.1 Å². The summed E-state index contributed by atoms with van der Waals surface area (Å²) in [5, 5.41) is 5.18. The molecule has 2 amide bonds. The molecular weight excluding hydrogens is 552 g/mol. The predicted molar refractivity (Wildman–Crippen MR) is 166 cm³/mol. The highest BCUT2D eigenvalue weighted by Crippen LogP contribution is 2.31. The summed E-state index contributed by atoms with van der Waals surface area (Å²) in [6.45, 7) is 12.7. The number of likely N-dealkylation sites (N-methyl/N-ethyl adjacent to an activating group) is 1. The zero-order valence-electron chi connectivity index (χ0n) is 26.3. The Morgan fingerprint density at radius 1 is 1.05 bits per heavy atom. The van der Waals surface area contributed by atoms with E-state index in [9.17, 15) is 19.2 Å². The molecule has 1 aromatic heterocycles. The highest BCUT2D eigenvalue weighted by Gasteiger charge is 2.33. The molecule has 10 heteroatoms. The number of ketones is 1. The van der Waals surface area contributed by atoms with Gasteiger partial charge in [-0.25, -0.2) is 4.98 Å². The molecule has 9 nitrogen and oxygen atoms in total. The number of carbonyl (C=O) groups excluding carboxylic acids is 4. The van der Waals surface area contributed by atoms with Crippen LogP contribution in [0, 0.1) is 17.8 Å². The Morgan fingerprint density at radius 3 is 2.24 bits per heavy atom. The molecule has 3 N–H and O–H groups in total. The van der Waals surface area contributed by atoms with E-state index in [2.05, 4.69) is 10.3 Å². The second-order valence-electron chi connectivity index (χ2n) is 11.7. The van der Waals surface area contributed by atoms with Gasteiger partial charge in [-0.3, -0.25) is 19.2 Å². The summed E-state index contributed by atoms with van der Waals surface area (Å²) in [5.41, 5.74) is 7.52. The Hall–Kier alpha value is -3.11. The van der Waals surface area contributed by atoms with E-state index in [4.69, 9.17) is 10.5 Å². The van der Waals surface area contributed by atoms with Crippen molar-refractivity contribution >= 4 is 34.9 Å². The molecule has 0 unspecified atom stereocenters. The highest BCUT2D eigenvalue weighted by molar-refractivity contribution is 7.09. The van der Waals surface area contributed by atoms with Gasteiger partial charge in [-0.2, -0.15) is 0 Å². The Bertz CT molecular complexity index is 1180. The number of hydrogen-bond donors (Lipinski definition) is 2. The van der Waals surface area contributed by atoms with Crippen molar-refractivity contribution in [1.82, 2.24) is 15.2 Å². The predicted octanol–water partition coefficient (Wildman–Crippen LogP) is 4.95. The Morgan fingerprint density at radius 2 is 1.69 bits per heavy atom. The first-order chi connectivity index (χ1) is 19.7. The number of hydrogen-bond acceptors (Lipinski definition) is 8. The third kappa shape index (κ3) is 10.3. The van der Waals surface area contributed by atoms with Crippen LogP contribution in [0.2, 0.25) is 0 Å². The molecule has 0 aliphatic heterocycles. The van der Waals surface area contributed by atoms with Crippen molar-refractivity contribution in [3.63, 3.8) is 0 Å². The lowest BCUT2D eigenvalue weighted by Crippen LogP contribution is -2.51. The number of rotatable bonds is 16. The van der Waals surface area contributed by atoms with Crippen LogP contribution in [-0.2, 0) is 25.5 Å². The summed E-state index contributed by atoms with van der Waals surface area (Å²) in [6.07, 6.45) is 1.43. The van der Waals surface area contributed by atoms with Crippen LogP contribution in [0.3, 0.4) is 0 Å². The van der Waals surface area contributed by atoms with Crippen molar-refractivity contribution < 1.29 is 23.9 Å². The molecule has 2 rings (SSSR count). The normalized spacial score (nSPS) is 15.7. The third-order valence-corrected chi connectivity index (χ3v) is 8.88. The lowest BCUT2D eigenvalue weighted by molar-refractivity contribution is -0.148. The van der Waals surface area contributed by atoms with Crippen LogP contribution >= 0.6 is 11.3 Å². The number of benzene rings is 1. The zero-order valence-corrected chi connectivity index (χ0v) is 27.1. The van der Waals surface area contributed by atoms with Gasteiger partial charge in [-0.15, -0.1) is 11.3 Å². The summed E-state index contributed by atoms with van der Waals surface area (Å²) in [4.78, 5) is 56.8. The SMILES string of the molecule is CC[C@H](C)[C@H](N)C(=O)N(C)[C@H](C[C@H](OC(C)=O)c1nc(C(=O)N[C@@H](Cc2ccccc2)C[C@H](C)C(C)=O)cs1)C(C)C. The minimum atomic E-state index is -0.741. The van der Waals surface area contributed by atoms with Gasteiger partial charge in [0, 0.05) is 43.8 Å². The van der Waals surface area contributed by atoms with E-state index < -0.39 is 18.1 Å². The first-order valence-electron chi connectivity index (χ1n) is 14.7. The molecule has 6 atom stereocenters. The lowest BCUT2D eigenvalue weighted by atomic mass is 9.93. The first-order valence-corrected chi connectivity index (χ1v) is 15.6. The molecule has 1 aromatic carbocycles. The number of nitrogens with one attached hydrogen (secondary N) is 1. The summed E-state index contributed by atoms with van der Waals surface area (Å²) in [6, 6.07) is 8.63. The molecular formula is C32H48N4O5S. The number of aromatic nitrogens is 1. The molecule has 42 heavy (non-hydrogen) atoms. The molecule has 0 saturated carbocycles. The van der Waals surface area contributed by atoms with Crippen LogP contribution in [0.15, 0.2) is 35.7 Å². The molecule has 0 spiro atoms. The Balaban J connectivity index is 2.26. The molecule has 0 bridgehead atoms.